The first kappa shape index (κ1) is 20.3. The van der Waals surface area contributed by atoms with E-state index in [0.717, 1.165) is 43.7 Å². The zero-order chi connectivity index (χ0) is 19.5. The molecular weight excluding hydrogens is 336 g/mol. The van der Waals surface area contributed by atoms with E-state index in [1.165, 1.54) is 11.1 Å². The van der Waals surface area contributed by atoms with Crippen molar-refractivity contribution in [2.45, 2.75) is 33.1 Å². The van der Waals surface area contributed by atoms with Crippen LogP contribution in [0.3, 0.4) is 0 Å². The molecule has 0 aliphatic carbocycles. The van der Waals surface area contributed by atoms with Crippen LogP contribution in [-0.2, 0) is 6.42 Å². The van der Waals surface area contributed by atoms with E-state index in [-0.39, 0.29) is 0 Å². The highest BCUT2D eigenvalue weighted by atomic mass is 15.1. The number of hydrogen-bond acceptors (Lipinski definition) is 2. The second kappa shape index (κ2) is 10.9. The van der Waals surface area contributed by atoms with Gasteiger partial charge in [-0.1, -0.05) is 38.1 Å². The average Bonchev–Trinajstić information content (AvgIpc) is 2.68. The van der Waals surface area contributed by atoms with E-state index in [1.54, 1.807) is 0 Å². The van der Waals surface area contributed by atoms with Crippen molar-refractivity contribution in [2.24, 2.45) is 21.5 Å². The van der Waals surface area contributed by atoms with Crippen LogP contribution in [0.1, 0.15) is 37.8 Å². The van der Waals surface area contributed by atoms with E-state index in [4.69, 9.17) is 11.5 Å². The van der Waals surface area contributed by atoms with Crippen LogP contribution < -0.4 is 22.1 Å². The molecule has 6 heteroatoms. The minimum absolute atomic E-state index is 0.453. The lowest BCUT2D eigenvalue weighted by molar-refractivity contribution is 0.929. The fraction of sp³-hybridized carbons (Fsp3) is 0.333. The maximum Gasteiger partial charge on any atom is 0.193 e. The summed E-state index contributed by atoms with van der Waals surface area (Å²) < 4.78 is 0. The molecule has 0 saturated heterocycles. The molecule has 0 amide bonds. The quantitative estimate of drug-likeness (QED) is 0.424. The molecular formula is C21H30N6. The number of rotatable bonds is 8. The average molecular weight is 367 g/mol. The Hall–Kier alpha value is -3.02. The van der Waals surface area contributed by atoms with Crippen molar-refractivity contribution in [1.29, 1.82) is 0 Å². The molecule has 2 rings (SSSR count). The molecule has 6 nitrogen and oxygen atoms in total. The summed E-state index contributed by atoms with van der Waals surface area (Å²) in [5, 5.41) is 6.21. The first-order valence-corrected chi connectivity index (χ1v) is 9.42. The van der Waals surface area contributed by atoms with Gasteiger partial charge in [-0.15, -0.1) is 0 Å². The third-order valence-electron chi connectivity index (χ3n) is 3.87. The molecule has 0 bridgehead atoms. The molecule has 27 heavy (non-hydrogen) atoms. The lowest BCUT2D eigenvalue weighted by Crippen LogP contribution is -2.22. The van der Waals surface area contributed by atoms with Crippen molar-refractivity contribution in [3.05, 3.63) is 59.7 Å². The fourth-order valence-corrected chi connectivity index (χ4v) is 2.49. The van der Waals surface area contributed by atoms with E-state index in [0.29, 0.717) is 11.9 Å². The summed E-state index contributed by atoms with van der Waals surface area (Å²) in [6.45, 7) is 5.61. The van der Waals surface area contributed by atoms with Gasteiger partial charge in [0.15, 0.2) is 11.9 Å². The highest BCUT2D eigenvalue weighted by Crippen LogP contribution is 2.16. The van der Waals surface area contributed by atoms with Gasteiger partial charge in [-0.05, 0) is 54.7 Å². The number of hydrogen-bond donors (Lipinski definition) is 4. The number of guanidine groups is 2. The molecule has 0 saturated carbocycles. The monoisotopic (exact) mass is 366 g/mol. The summed E-state index contributed by atoms with van der Waals surface area (Å²) in [5.74, 6) is 0.906. The number of nitrogens with one attached hydrogen (secondary N) is 2. The van der Waals surface area contributed by atoms with Gasteiger partial charge in [0.05, 0.1) is 0 Å². The highest BCUT2D eigenvalue weighted by Gasteiger charge is 2.00. The van der Waals surface area contributed by atoms with Crippen molar-refractivity contribution in [3.8, 4) is 0 Å². The molecule has 0 aromatic heterocycles. The zero-order valence-corrected chi connectivity index (χ0v) is 16.2. The molecule has 0 spiro atoms. The normalized spacial score (nSPS) is 12.1. The smallest absolute Gasteiger partial charge is 0.193 e. The van der Waals surface area contributed by atoms with Crippen molar-refractivity contribution >= 4 is 23.3 Å². The Kier molecular flexibility index (Phi) is 8.16. The SMILES string of the molecule is CCCN=C(N)Nc1ccc(Cc2ccc(NC(N)=NCCC)cc2)cc1. The number of nitrogens with two attached hydrogens (primary N) is 2. The Bertz CT molecular complexity index is 682. The molecule has 2 aromatic carbocycles. The molecule has 2 aromatic rings. The van der Waals surface area contributed by atoms with Crippen LogP contribution in [0.25, 0.3) is 0 Å². The van der Waals surface area contributed by atoms with Crippen LogP contribution in [0.2, 0.25) is 0 Å². The van der Waals surface area contributed by atoms with Crippen LogP contribution in [0, 0.1) is 0 Å². The Morgan fingerprint density at radius 2 is 1.07 bits per heavy atom. The fourth-order valence-electron chi connectivity index (χ4n) is 2.49. The summed E-state index contributed by atoms with van der Waals surface area (Å²) in [5.41, 5.74) is 16.0. The maximum absolute atomic E-state index is 5.84. The number of benzene rings is 2. The first-order chi connectivity index (χ1) is 13.1. The zero-order valence-electron chi connectivity index (χ0n) is 16.2. The van der Waals surface area contributed by atoms with Crippen LogP contribution in [0.15, 0.2) is 58.5 Å². The topological polar surface area (TPSA) is 101 Å². The van der Waals surface area contributed by atoms with E-state index < -0.39 is 0 Å². The lowest BCUT2D eigenvalue weighted by atomic mass is 10.0. The maximum atomic E-state index is 5.84. The standard InChI is InChI=1S/C21H30N6/c1-3-13-24-20(22)26-18-9-5-16(6-10-18)15-17-7-11-19(12-8-17)27-21(23)25-14-4-2/h5-12H,3-4,13-15H2,1-2H3,(H3,22,24,26)(H3,23,25,27). The minimum Gasteiger partial charge on any atom is -0.370 e. The van der Waals surface area contributed by atoms with Gasteiger partial charge in [0.2, 0.25) is 0 Å². The summed E-state index contributed by atoms with van der Waals surface area (Å²) in [6, 6.07) is 16.5. The van der Waals surface area contributed by atoms with Gasteiger partial charge in [-0.3, -0.25) is 9.98 Å². The van der Waals surface area contributed by atoms with Crippen LogP contribution in [0.4, 0.5) is 11.4 Å². The largest absolute Gasteiger partial charge is 0.370 e. The second-order valence-electron chi connectivity index (χ2n) is 6.35. The summed E-state index contributed by atoms with van der Waals surface area (Å²) in [7, 11) is 0. The lowest BCUT2D eigenvalue weighted by Gasteiger charge is -2.09. The van der Waals surface area contributed by atoms with Gasteiger partial charge in [0.25, 0.3) is 0 Å². The predicted octanol–water partition coefficient (Wildman–Crippen LogP) is 3.55. The van der Waals surface area contributed by atoms with Gasteiger partial charge < -0.3 is 22.1 Å². The molecule has 0 fully saturated rings. The van der Waals surface area contributed by atoms with Gasteiger partial charge in [0, 0.05) is 24.5 Å². The Morgan fingerprint density at radius 1 is 0.704 bits per heavy atom. The van der Waals surface area contributed by atoms with E-state index in [9.17, 15) is 0 Å². The molecule has 0 aliphatic heterocycles. The third-order valence-corrected chi connectivity index (χ3v) is 3.87. The van der Waals surface area contributed by atoms with Crippen molar-refractivity contribution in [2.75, 3.05) is 23.7 Å². The molecule has 0 radical (unpaired) electrons. The molecule has 144 valence electrons. The first-order valence-electron chi connectivity index (χ1n) is 9.42. The van der Waals surface area contributed by atoms with Crippen molar-refractivity contribution < 1.29 is 0 Å². The van der Waals surface area contributed by atoms with Gasteiger partial charge >= 0.3 is 0 Å². The molecule has 6 N–H and O–H groups in total. The Balaban J connectivity index is 1.91. The van der Waals surface area contributed by atoms with E-state index in [2.05, 4.69) is 58.7 Å². The third kappa shape index (κ3) is 7.40. The second-order valence-corrected chi connectivity index (χ2v) is 6.35. The molecule has 0 aliphatic rings. The van der Waals surface area contributed by atoms with Gasteiger partial charge in [-0.25, -0.2) is 0 Å². The predicted molar refractivity (Wildman–Crippen MR) is 116 cm³/mol. The van der Waals surface area contributed by atoms with Gasteiger partial charge in [-0.2, -0.15) is 0 Å². The molecule has 0 heterocycles. The number of aliphatic imine (C=N–C) groups is 2. The number of nitrogens with zero attached hydrogens (tertiary/aromatic N) is 2. The van der Waals surface area contributed by atoms with Crippen LogP contribution in [-0.4, -0.2) is 25.0 Å². The summed E-state index contributed by atoms with van der Waals surface area (Å²) in [4.78, 5) is 8.47. The summed E-state index contributed by atoms with van der Waals surface area (Å²) >= 11 is 0. The molecule has 0 unspecified atom stereocenters. The van der Waals surface area contributed by atoms with Crippen LogP contribution in [0.5, 0.6) is 0 Å². The Labute approximate surface area is 161 Å². The van der Waals surface area contributed by atoms with Crippen molar-refractivity contribution in [3.63, 3.8) is 0 Å². The summed E-state index contributed by atoms with van der Waals surface area (Å²) in [6.07, 6.45) is 2.82. The number of anilines is 2. The van der Waals surface area contributed by atoms with Crippen LogP contribution >= 0.6 is 0 Å². The van der Waals surface area contributed by atoms with Crippen molar-refractivity contribution in [1.82, 2.24) is 0 Å². The minimum atomic E-state index is 0.453. The van der Waals surface area contributed by atoms with E-state index in [1.807, 2.05) is 24.3 Å². The molecule has 0 atom stereocenters. The Morgan fingerprint density at radius 3 is 1.41 bits per heavy atom. The van der Waals surface area contributed by atoms with Gasteiger partial charge in [0.1, 0.15) is 0 Å². The van der Waals surface area contributed by atoms with E-state index >= 15 is 0 Å². The highest BCUT2D eigenvalue weighted by molar-refractivity contribution is 5.92.